The van der Waals surface area contributed by atoms with Crippen LogP contribution in [0.2, 0.25) is 0 Å². The molecule has 0 saturated carbocycles. The van der Waals surface area contributed by atoms with Crippen LogP contribution in [0.4, 0.5) is 0 Å². The third-order valence-electron chi connectivity index (χ3n) is 3.11. The van der Waals surface area contributed by atoms with Crippen molar-refractivity contribution in [1.82, 2.24) is 0 Å². The molecule has 20 heavy (non-hydrogen) atoms. The predicted octanol–water partition coefficient (Wildman–Crippen LogP) is 6.14. The first-order valence-corrected chi connectivity index (χ1v) is 8.99. The lowest BCUT2D eigenvalue weighted by Crippen LogP contribution is -1.97. The molecule has 2 aromatic carbocycles. The van der Waals surface area contributed by atoms with Crippen molar-refractivity contribution in [2.75, 3.05) is 0 Å². The highest BCUT2D eigenvalue weighted by atomic mass is 79.9. The number of hydrogen-bond acceptors (Lipinski definition) is 2. The van der Waals surface area contributed by atoms with E-state index in [1.54, 1.807) is 11.3 Å². The fourth-order valence-corrected chi connectivity index (χ4v) is 3.89. The van der Waals surface area contributed by atoms with Crippen molar-refractivity contribution < 1.29 is 4.74 Å². The van der Waals surface area contributed by atoms with E-state index in [4.69, 9.17) is 4.74 Å². The van der Waals surface area contributed by atoms with Gasteiger partial charge in [0.05, 0.1) is 0 Å². The van der Waals surface area contributed by atoms with Crippen LogP contribution in [-0.2, 0) is 11.9 Å². The third kappa shape index (κ3) is 2.92. The maximum Gasteiger partial charge on any atom is 0.123 e. The molecule has 0 N–H and O–H groups in total. The van der Waals surface area contributed by atoms with Crippen molar-refractivity contribution in [2.24, 2.45) is 0 Å². The van der Waals surface area contributed by atoms with Gasteiger partial charge in [-0.1, -0.05) is 50.1 Å². The Morgan fingerprint density at radius 1 is 1.05 bits per heavy atom. The molecule has 102 valence electrons. The second-order valence-electron chi connectivity index (χ2n) is 4.43. The van der Waals surface area contributed by atoms with Crippen LogP contribution in [0.25, 0.3) is 10.1 Å². The van der Waals surface area contributed by atoms with Gasteiger partial charge >= 0.3 is 0 Å². The molecule has 1 aromatic heterocycles. The molecule has 0 aliphatic rings. The molecule has 0 spiro atoms. The van der Waals surface area contributed by atoms with E-state index in [9.17, 15) is 0 Å². The molecule has 3 rings (SSSR count). The van der Waals surface area contributed by atoms with Crippen LogP contribution in [0.1, 0.15) is 11.1 Å². The highest BCUT2D eigenvalue weighted by molar-refractivity contribution is 9.10. The van der Waals surface area contributed by atoms with E-state index in [0.717, 1.165) is 21.1 Å². The van der Waals surface area contributed by atoms with E-state index in [2.05, 4.69) is 67.6 Å². The van der Waals surface area contributed by atoms with Crippen LogP contribution in [0.15, 0.2) is 52.3 Å². The van der Waals surface area contributed by atoms with E-state index < -0.39 is 0 Å². The highest BCUT2D eigenvalue weighted by Crippen LogP contribution is 2.29. The molecule has 0 fully saturated rings. The lowest BCUT2D eigenvalue weighted by atomic mass is 10.2. The monoisotopic (exact) mass is 410 g/mol. The summed E-state index contributed by atoms with van der Waals surface area (Å²) in [5.74, 6) is 0.931. The van der Waals surface area contributed by atoms with E-state index in [0.29, 0.717) is 6.61 Å². The summed E-state index contributed by atoms with van der Waals surface area (Å²) in [5, 5.41) is 4.25. The Kier molecular flexibility index (Phi) is 4.44. The Labute approximate surface area is 138 Å². The van der Waals surface area contributed by atoms with Gasteiger partial charge in [0.15, 0.2) is 0 Å². The zero-order valence-electron chi connectivity index (χ0n) is 10.6. The molecule has 0 saturated heterocycles. The topological polar surface area (TPSA) is 9.23 Å². The summed E-state index contributed by atoms with van der Waals surface area (Å²) < 4.78 is 8.37. The molecule has 4 heteroatoms. The summed E-state index contributed by atoms with van der Waals surface area (Å²) >= 11 is 8.75. The van der Waals surface area contributed by atoms with Gasteiger partial charge in [-0.3, -0.25) is 0 Å². The fourth-order valence-electron chi connectivity index (χ4n) is 2.09. The summed E-state index contributed by atoms with van der Waals surface area (Å²) in [7, 11) is 0. The number of thiophene rings is 1. The maximum absolute atomic E-state index is 5.99. The van der Waals surface area contributed by atoms with E-state index in [1.807, 2.05) is 12.1 Å². The largest absolute Gasteiger partial charge is 0.489 e. The van der Waals surface area contributed by atoms with Crippen LogP contribution in [0.3, 0.4) is 0 Å². The molecular formula is C16H12Br2OS. The normalized spacial score (nSPS) is 10.9. The first-order valence-electron chi connectivity index (χ1n) is 6.20. The molecule has 1 nitrogen and oxygen atoms in total. The fraction of sp³-hybridized carbons (Fsp3) is 0.125. The Balaban J connectivity index is 1.83. The second kappa shape index (κ2) is 6.29. The molecule has 0 aliphatic heterocycles. The number of rotatable bonds is 4. The van der Waals surface area contributed by atoms with E-state index in [1.165, 1.54) is 15.6 Å². The van der Waals surface area contributed by atoms with Crippen LogP contribution >= 0.6 is 43.2 Å². The van der Waals surface area contributed by atoms with Gasteiger partial charge in [-0.2, -0.15) is 0 Å². The van der Waals surface area contributed by atoms with Gasteiger partial charge in [-0.05, 0) is 35.0 Å². The average Bonchev–Trinajstić information content (AvgIpc) is 2.89. The number of halogens is 2. The molecule has 0 radical (unpaired) electrons. The molecule has 0 amide bonds. The summed E-state index contributed by atoms with van der Waals surface area (Å²) in [5.41, 5.74) is 2.40. The SMILES string of the molecule is BrCc1cc(Br)ccc1OCc1csc2ccccc12. The number of ether oxygens (including phenoxy) is 1. The maximum atomic E-state index is 5.99. The van der Waals surface area contributed by atoms with Crippen LogP contribution < -0.4 is 4.74 Å². The first-order chi connectivity index (χ1) is 9.78. The molecule has 0 bridgehead atoms. The van der Waals surface area contributed by atoms with Crippen molar-refractivity contribution >= 4 is 53.3 Å². The lowest BCUT2D eigenvalue weighted by molar-refractivity contribution is 0.306. The average molecular weight is 412 g/mol. The van der Waals surface area contributed by atoms with Gasteiger partial charge in [-0.15, -0.1) is 11.3 Å². The third-order valence-corrected chi connectivity index (χ3v) is 5.22. The standard InChI is InChI=1S/C16H12Br2OS/c17-8-11-7-13(18)5-6-15(11)19-9-12-10-20-16-4-2-1-3-14(12)16/h1-7,10H,8-9H2. The van der Waals surface area contributed by atoms with Gasteiger partial charge in [-0.25, -0.2) is 0 Å². The van der Waals surface area contributed by atoms with Crippen molar-refractivity contribution in [3.05, 3.63) is 63.4 Å². The molecule has 0 atom stereocenters. The number of benzene rings is 2. The van der Waals surface area contributed by atoms with E-state index in [-0.39, 0.29) is 0 Å². The van der Waals surface area contributed by atoms with Gasteiger partial charge < -0.3 is 4.74 Å². The number of fused-ring (bicyclic) bond motifs is 1. The minimum Gasteiger partial charge on any atom is -0.489 e. The van der Waals surface area contributed by atoms with Crippen LogP contribution in [0.5, 0.6) is 5.75 Å². The van der Waals surface area contributed by atoms with Crippen molar-refractivity contribution in [2.45, 2.75) is 11.9 Å². The Morgan fingerprint density at radius 2 is 1.90 bits per heavy atom. The Bertz CT molecular complexity index is 736. The second-order valence-corrected chi connectivity index (χ2v) is 6.82. The van der Waals surface area contributed by atoms with E-state index >= 15 is 0 Å². The molecule has 0 unspecified atom stereocenters. The van der Waals surface area contributed by atoms with Crippen LogP contribution in [-0.4, -0.2) is 0 Å². The van der Waals surface area contributed by atoms with Gasteiger partial charge in [0.25, 0.3) is 0 Å². The van der Waals surface area contributed by atoms with Gasteiger partial charge in [0.2, 0.25) is 0 Å². The van der Waals surface area contributed by atoms with Gasteiger partial charge in [0, 0.05) is 25.6 Å². The molecule has 1 heterocycles. The Hall–Kier alpha value is -0.840. The van der Waals surface area contributed by atoms with Crippen molar-refractivity contribution in [3.63, 3.8) is 0 Å². The Morgan fingerprint density at radius 3 is 2.75 bits per heavy atom. The summed E-state index contributed by atoms with van der Waals surface area (Å²) in [6, 6.07) is 14.5. The molecule has 0 aliphatic carbocycles. The minimum absolute atomic E-state index is 0.603. The summed E-state index contributed by atoms with van der Waals surface area (Å²) in [4.78, 5) is 0. The summed E-state index contributed by atoms with van der Waals surface area (Å²) in [6.45, 7) is 0.603. The van der Waals surface area contributed by atoms with Crippen molar-refractivity contribution in [3.8, 4) is 5.75 Å². The predicted molar refractivity (Wildman–Crippen MR) is 92.9 cm³/mol. The zero-order chi connectivity index (χ0) is 13.9. The van der Waals surface area contributed by atoms with Gasteiger partial charge in [0.1, 0.15) is 12.4 Å². The zero-order valence-corrected chi connectivity index (χ0v) is 14.6. The quantitative estimate of drug-likeness (QED) is 0.468. The molecular weight excluding hydrogens is 400 g/mol. The molecule has 3 aromatic rings. The number of hydrogen-bond donors (Lipinski definition) is 0. The highest BCUT2D eigenvalue weighted by Gasteiger charge is 2.07. The lowest BCUT2D eigenvalue weighted by Gasteiger charge is -2.10. The number of alkyl halides is 1. The smallest absolute Gasteiger partial charge is 0.123 e. The summed E-state index contributed by atoms with van der Waals surface area (Å²) in [6.07, 6.45) is 0. The minimum atomic E-state index is 0.603. The van der Waals surface area contributed by atoms with Crippen LogP contribution in [0, 0.1) is 0 Å². The first kappa shape index (κ1) is 14.1. The van der Waals surface area contributed by atoms with Crippen molar-refractivity contribution in [1.29, 1.82) is 0 Å².